The minimum atomic E-state index is -0.366. The van der Waals surface area contributed by atoms with Gasteiger partial charge in [0.15, 0.2) is 5.82 Å². The fourth-order valence-electron chi connectivity index (χ4n) is 2.01. The summed E-state index contributed by atoms with van der Waals surface area (Å²) in [5, 5.41) is 2.38. The standard InChI is InChI=1S/C13H15ClFN3O/c1-8(14)13-17-12-10(15)4-3-5-11(12)18(13)7-6-16-9(2)19/h3-5,8H,6-7H2,1-2H3,(H,16,19). The van der Waals surface area contributed by atoms with Crippen LogP contribution in [0.25, 0.3) is 11.0 Å². The SMILES string of the molecule is CC(=O)NCCn1c(C(C)Cl)nc2c(F)cccc21. The number of nitrogens with zero attached hydrogens (tertiary/aromatic N) is 2. The maximum absolute atomic E-state index is 13.7. The van der Waals surface area contributed by atoms with Crippen molar-refractivity contribution in [2.75, 3.05) is 6.54 Å². The number of alkyl halides is 1. The number of para-hydroxylation sites is 1. The Morgan fingerprint density at radius 3 is 2.95 bits per heavy atom. The van der Waals surface area contributed by atoms with Crippen LogP contribution in [0, 0.1) is 5.82 Å². The van der Waals surface area contributed by atoms with Gasteiger partial charge in [-0.15, -0.1) is 11.6 Å². The van der Waals surface area contributed by atoms with Gasteiger partial charge in [-0.1, -0.05) is 6.07 Å². The predicted octanol–water partition coefficient (Wildman–Crippen LogP) is 2.61. The van der Waals surface area contributed by atoms with Crippen molar-refractivity contribution >= 4 is 28.5 Å². The normalized spacial score (nSPS) is 12.6. The van der Waals surface area contributed by atoms with Gasteiger partial charge >= 0.3 is 0 Å². The highest BCUT2D eigenvalue weighted by Crippen LogP contribution is 2.25. The Balaban J connectivity index is 2.41. The van der Waals surface area contributed by atoms with E-state index in [-0.39, 0.29) is 17.1 Å². The van der Waals surface area contributed by atoms with E-state index in [1.54, 1.807) is 19.1 Å². The molecule has 0 saturated carbocycles. The van der Waals surface area contributed by atoms with Gasteiger partial charge in [0, 0.05) is 20.0 Å². The number of carbonyl (C=O) groups is 1. The number of nitrogens with one attached hydrogen (secondary N) is 1. The Labute approximate surface area is 115 Å². The van der Waals surface area contributed by atoms with Crippen molar-refractivity contribution < 1.29 is 9.18 Å². The maximum Gasteiger partial charge on any atom is 0.216 e. The number of halogens is 2. The van der Waals surface area contributed by atoms with Gasteiger partial charge in [-0.05, 0) is 19.1 Å². The van der Waals surface area contributed by atoms with Gasteiger partial charge in [-0.2, -0.15) is 0 Å². The van der Waals surface area contributed by atoms with Gasteiger partial charge in [0.05, 0.1) is 10.9 Å². The fraction of sp³-hybridized carbons (Fsp3) is 0.385. The zero-order chi connectivity index (χ0) is 14.0. The summed E-state index contributed by atoms with van der Waals surface area (Å²) in [6, 6.07) is 4.80. The molecule has 1 atom stereocenters. The van der Waals surface area contributed by atoms with Crippen LogP contribution in [0.2, 0.25) is 0 Å². The number of fused-ring (bicyclic) bond motifs is 1. The van der Waals surface area contributed by atoms with Crippen molar-refractivity contribution in [1.82, 2.24) is 14.9 Å². The number of carbonyl (C=O) groups excluding carboxylic acids is 1. The first-order valence-electron chi connectivity index (χ1n) is 6.04. The molecule has 1 aromatic heterocycles. The summed E-state index contributed by atoms with van der Waals surface area (Å²) in [6.45, 7) is 4.20. The summed E-state index contributed by atoms with van der Waals surface area (Å²) in [5.74, 6) is 0.137. The van der Waals surface area contributed by atoms with E-state index in [2.05, 4.69) is 10.3 Å². The molecule has 2 aromatic rings. The minimum absolute atomic E-state index is 0.101. The van der Waals surface area contributed by atoms with Crippen LogP contribution in [-0.2, 0) is 11.3 Å². The second kappa shape index (κ2) is 5.57. The van der Waals surface area contributed by atoms with Crippen LogP contribution in [0.4, 0.5) is 4.39 Å². The van der Waals surface area contributed by atoms with Crippen molar-refractivity contribution in [1.29, 1.82) is 0 Å². The summed E-state index contributed by atoms with van der Waals surface area (Å²) in [4.78, 5) is 15.1. The molecule has 0 saturated heterocycles. The van der Waals surface area contributed by atoms with Crippen LogP contribution in [-0.4, -0.2) is 22.0 Å². The molecule has 0 aliphatic rings. The largest absolute Gasteiger partial charge is 0.355 e. The van der Waals surface area contributed by atoms with Crippen LogP contribution in [0.1, 0.15) is 25.0 Å². The molecule has 1 unspecified atom stereocenters. The van der Waals surface area contributed by atoms with Gasteiger partial charge < -0.3 is 9.88 Å². The van der Waals surface area contributed by atoms with Crippen LogP contribution in [0.15, 0.2) is 18.2 Å². The van der Waals surface area contributed by atoms with Crippen molar-refractivity contribution in [2.45, 2.75) is 25.8 Å². The van der Waals surface area contributed by atoms with Gasteiger partial charge in [0.25, 0.3) is 0 Å². The molecule has 0 aliphatic carbocycles. The van der Waals surface area contributed by atoms with Crippen molar-refractivity contribution in [3.63, 3.8) is 0 Å². The molecule has 1 N–H and O–H groups in total. The summed E-state index contributed by atoms with van der Waals surface area (Å²) < 4.78 is 15.5. The average Bonchev–Trinajstić information content (AvgIpc) is 2.70. The van der Waals surface area contributed by atoms with Crippen molar-refractivity contribution in [3.8, 4) is 0 Å². The number of hydrogen-bond donors (Lipinski definition) is 1. The monoisotopic (exact) mass is 283 g/mol. The molecule has 0 spiro atoms. The van der Waals surface area contributed by atoms with E-state index in [1.165, 1.54) is 13.0 Å². The second-order valence-corrected chi connectivity index (χ2v) is 4.98. The zero-order valence-corrected chi connectivity index (χ0v) is 11.5. The lowest BCUT2D eigenvalue weighted by molar-refractivity contribution is -0.118. The van der Waals surface area contributed by atoms with E-state index < -0.39 is 0 Å². The Kier molecular flexibility index (Phi) is 4.04. The summed E-state index contributed by atoms with van der Waals surface area (Å²) >= 11 is 6.08. The van der Waals surface area contributed by atoms with E-state index in [0.717, 1.165) is 0 Å². The highest BCUT2D eigenvalue weighted by Gasteiger charge is 2.16. The third-order valence-electron chi connectivity index (χ3n) is 2.82. The summed E-state index contributed by atoms with van der Waals surface area (Å²) in [7, 11) is 0. The molecule has 0 radical (unpaired) electrons. The van der Waals surface area contributed by atoms with E-state index >= 15 is 0 Å². The number of imidazole rings is 1. The molecule has 0 bridgehead atoms. The molecular formula is C13H15ClFN3O. The molecule has 6 heteroatoms. The quantitative estimate of drug-likeness (QED) is 0.877. The molecule has 4 nitrogen and oxygen atoms in total. The van der Waals surface area contributed by atoms with E-state index in [9.17, 15) is 9.18 Å². The Morgan fingerprint density at radius 1 is 1.58 bits per heavy atom. The summed E-state index contributed by atoms with van der Waals surface area (Å²) in [5.41, 5.74) is 1.00. The zero-order valence-electron chi connectivity index (χ0n) is 10.8. The third-order valence-corrected chi connectivity index (χ3v) is 3.02. The Bertz CT molecular complexity index is 609. The van der Waals surface area contributed by atoms with Crippen molar-refractivity contribution in [3.05, 3.63) is 29.8 Å². The number of amides is 1. The average molecular weight is 284 g/mol. The lowest BCUT2D eigenvalue weighted by atomic mass is 10.3. The molecular weight excluding hydrogens is 269 g/mol. The lowest BCUT2D eigenvalue weighted by Crippen LogP contribution is -2.25. The van der Waals surface area contributed by atoms with Gasteiger partial charge in [-0.25, -0.2) is 9.37 Å². The van der Waals surface area contributed by atoms with Gasteiger partial charge in [0.2, 0.25) is 5.91 Å². The van der Waals surface area contributed by atoms with E-state index in [0.29, 0.717) is 29.9 Å². The second-order valence-electron chi connectivity index (χ2n) is 4.33. The Hall–Kier alpha value is -1.62. The molecule has 1 amide bonds. The lowest BCUT2D eigenvalue weighted by Gasteiger charge is -2.10. The molecule has 102 valence electrons. The predicted molar refractivity (Wildman–Crippen MR) is 72.6 cm³/mol. The molecule has 19 heavy (non-hydrogen) atoms. The number of aromatic nitrogens is 2. The first-order valence-corrected chi connectivity index (χ1v) is 6.47. The number of rotatable bonds is 4. The minimum Gasteiger partial charge on any atom is -0.355 e. The fourth-order valence-corrected chi connectivity index (χ4v) is 2.18. The van der Waals surface area contributed by atoms with Gasteiger partial charge in [-0.3, -0.25) is 4.79 Å². The highest BCUT2D eigenvalue weighted by atomic mass is 35.5. The summed E-state index contributed by atoms with van der Waals surface area (Å²) in [6.07, 6.45) is 0. The smallest absolute Gasteiger partial charge is 0.216 e. The third kappa shape index (κ3) is 2.87. The molecule has 1 aromatic carbocycles. The molecule has 0 aliphatic heterocycles. The van der Waals surface area contributed by atoms with E-state index in [4.69, 9.17) is 11.6 Å². The van der Waals surface area contributed by atoms with Crippen LogP contribution < -0.4 is 5.32 Å². The van der Waals surface area contributed by atoms with Crippen LogP contribution >= 0.6 is 11.6 Å². The molecule has 1 heterocycles. The van der Waals surface area contributed by atoms with Gasteiger partial charge in [0.1, 0.15) is 11.3 Å². The highest BCUT2D eigenvalue weighted by molar-refractivity contribution is 6.20. The first-order chi connectivity index (χ1) is 9.00. The Morgan fingerprint density at radius 2 is 2.32 bits per heavy atom. The molecule has 0 fully saturated rings. The molecule has 2 rings (SSSR count). The first kappa shape index (κ1) is 13.8. The number of benzene rings is 1. The topological polar surface area (TPSA) is 46.9 Å². The van der Waals surface area contributed by atoms with E-state index in [1.807, 2.05) is 4.57 Å². The van der Waals surface area contributed by atoms with Crippen LogP contribution in [0.3, 0.4) is 0 Å². The number of hydrogen-bond acceptors (Lipinski definition) is 2. The maximum atomic E-state index is 13.7. The van der Waals surface area contributed by atoms with Crippen molar-refractivity contribution in [2.24, 2.45) is 0 Å². The van der Waals surface area contributed by atoms with Crippen LogP contribution in [0.5, 0.6) is 0 Å².